The van der Waals surface area contributed by atoms with E-state index < -0.39 is 4.92 Å². The maximum absolute atomic E-state index is 10.9. The van der Waals surface area contributed by atoms with Crippen LogP contribution < -0.4 is 4.90 Å². The maximum atomic E-state index is 10.9. The Hall–Kier alpha value is -2.22. The van der Waals surface area contributed by atoms with Crippen LogP contribution in [0.3, 0.4) is 0 Å². The summed E-state index contributed by atoms with van der Waals surface area (Å²) in [5, 5.41) is 27.4. The number of nitro groups is 1. The maximum Gasteiger partial charge on any atom is 0.300 e. The molecule has 0 amide bonds. The Balaban J connectivity index is 2.04. The molecule has 1 atom stereocenters. The second kappa shape index (κ2) is 4.47. The van der Waals surface area contributed by atoms with Crippen molar-refractivity contribution in [1.29, 1.82) is 0 Å². The van der Waals surface area contributed by atoms with Crippen molar-refractivity contribution in [3.63, 3.8) is 0 Å². The average Bonchev–Trinajstić information content (AvgIpc) is 3.06. The third-order valence-corrected chi connectivity index (χ3v) is 3.45. The predicted octanol–water partition coefficient (Wildman–Crippen LogP) is 0.950. The first-order valence-corrected chi connectivity index (χ1v) is 5.96. The smallest absolute Gasteiger partial charge is 0.300 e. The van der Waals surface area contributed by atoms with E-state index in [2.05, 4.69) is 14.9 Å². The van der Waals surface area contributed by atoms with Crippen molar-refractivity contribution in [2.24, 2.45) is 5.92 Å². The van der Waals surface area contributed by atoms with Gasteiger partial charge in [-0.05, 0) is 22.8 Å². The fourth-order valence-corrected chi connectivity index (χ4v) is 2.44. The lowest BCUT2D eigenvalue weighted by Gasteiger charge is -2.17. The first-order chi connectivity index (χ1) is 9.20. The Bertz CT molecular complexity index is 626. The summed E-state index contributed by atoms with van der Waals surface area (Å²) in [6.45, 7) is 1.63. The summed E-state index contributed by atoms with van der Waals surface area (Å²) in [4.78, 5) is 12.4. The zero-order chi connectivity index (χ0) is 13.4. The molecule has 2 aromatic rings. The monoisotopic (exact) mass is 264 g/mol. The summed E-state index contributed by atoms with van der Waals surface area (Å²) in [5.41, 5.74) is 1.21. The lowest BCUT2D eigenvalue weighted by Crippen LogP contribution is -2.20. The number of non-ortho nitro benzene ring substituents is 1. The fraction of sp³-hybridized carbons (Fsp3) is 0.455. The van der Waals surface area contributed by atoms with Gasteiger partial charge in [0.1, 0.15) is 0 Å². The Labute approximate surface area is 107 Å². The van der Waals surface area contributed by atoms with Gasteiger partial charge in [0.2, 0.25) is 5.52 Å². The number of hydrogen-bond acceptors (Lipinski definition) is 7. The number of nitro benzene ring substituents is 1. The molecule has 1 N–H and O–H groups in total. The van der Waals surface area contributed by atoms with Crippen molar-refractivity contribution in [3.05, 3.63) is 22.2 Å². The van der Waals surface area contributed by atoms with Crippen LogP contribution >= 0.6 is 0 Å². The topological polar surface area (TPSA) is 106 Å². The SMILES string of the molecule is O=[N+]([O-])c1ccc(N2CCC(CO)C2)c2nonc12. The number of anilines is 1. The molecule has 8 heteroatoms. The van der Waals surface area contributed by atoms with Crippen LogP contribution in [0.4, 0.5) is 11.4 Å². The van der Waals surface area contributed by atoms with Crippen molar-refractivity contribution in [3.8, 4) is 0 Å². The van der Waals surface area contributed by atoms with Gasteiger partial charge in [-0.25, -0.2) is 4.63 Å². The number of benzene rings is 1. The second-order valence-electron chi connectivity index (χ2n) is 4.61. The molecule has 8 nitrogen and oxygen atoms in total. The van der Waals surface area contributed by atoms with E-state index in [1.165, 1.54) is 6.07 Å². The van der Waals surface area contributed by atoms with Crippen molar-refractivity contribution in [1.82, 2.24) is 10.3 Å². The van der Waals surface area contributed by atoms with Crippen LogP contribution in [0.2, 0.25) is 0 Å². The number of hydrogen-bond donors (Lipinski definition) is 1. The van der Waals surface area contributed by atoms with E-state index in [1.807, 2.05) is 4.90 Å². The van der Waals surface area contributed by atoms with Crippen molar-refractivity contribution < 1.29 is 14.7 Å². The molecular weight excluding hydrogens is 252 g/mol. The van der Waals surface area contributed by atoms with Crippen LogP contribution in [-0.4, -0.2) is 40.0 Å². The quantitative estimate of drug-likeness (QED) is 0.649. The normalized spacial score (nSPS) is 19.2. The molecule has 1 saturated heterocycles. The summed E-state index contributed by atoms with van der Waals surface area (Å²) < 4.78 is 4.63. The van der Waals surface area contributed by atoms with E-state index >= 15 is 0 Å². The zero-order valence-electron chi connectivity index (χ0n) is 10.0. The number of aliphatic hydroxyl groups excluding tert-OH is 1. The minimum absolute atomic E-state index is 0.113. The molecule has 3 rings (SSSR count). The van der Waals surface area contributed by atoms with E-state index in [0.717, 1.165) is 18.7 Å². The van der Waals surface area contributed by atoms with Crippen molar-refractivity contribution >= 4 is 22.4 Å². The molecule has 100 valence electrons. The van der Waals surface area contributed by atoms with Crippen LogP contribution in [0.25, 0.3) is 11.0 Å². The Morgan fingerprint density at radius 3 is 2.95 bits per heavy atom. The lowest BCUT2D eigenvalue weighted by molar-refractivity contribution is -0.383. The van der Waals surface area contributed by atoms with Gasteiger partial charge in [0.25, 0.3) is 0 Å². The number of rotatable bonds is 3. The van der Waals surface area contributed by atoms with Gasteiger partial charge in [0.15, 0.2) is 5.52 Å². The van der Waals surface area contributed by atoms with Crippen molar-refractivity contribution in [2.75, 3.05) is 24.6 Å². The molecule has 1 unspecified atom stereocenters. The van der Waals surface area contributed by atoms with E-state index in [0.29, 0.717) is 12.1 Å². The van der Waals surface area contributed by atoms with Gasteiger partial charge in [0.05, 0.1) is 10.6 Å². The first kappa shape index (κ1) is 11.8. The second-order valence-corrected chi connectivity index (χ2v) is 4.61. The summed E-state index contributed by atoms with van der Waals surface area (Å²) in [5.74, 6) is 0.227. The third kappa shape index (κ3) is 1.89. The van der Waals surface area contributed by atoms with E-state index in [1.54, 1.807) is 6.07 Å². The molecule has 0 saturated carbocycles. The number of nitrogens with zero attached hydrogens (tertiary/aromatic N) is 4. The molecule has 1 aliphatic heterocycles. The fourth-order valence-electron chi connectivity index (χ4n) is 2.44. The predicted molar refractivity (Wildman–Crippen MR) is 65.9 cm³/mol. The Kier molecular flexibility index (Phi) is 2.79. The lowest BCUT2D eigenvalue weighted by atomic mass is 10.1. The van der Waals surface area contributed by atoms with Crippen molar-refractivity contribution in [2.45, 2.75) is 6.42 Å². The standard InChI is InChI=1S/C11H12N4O4/c16-6-7-3-4-14(5-7)8-1-2-9(15(17)18)11-10(8)12-19-13-11/h1-2,7,16H,3-6H2. The summed E-state index contributed by atoms with van der Waals surface area (Å²) in [6, 6.07) is 3.07. The van der Waals surface area contributed by atoms with E-state index in [9.17, 15) is 10.1 Å². The van der Waals surface area contributed by atoms with Gasteiger partial charge in [-0.1, -0.05) is 0 Å². The number of aromatic nitrogens is 2. The molecule has 19 heavy (non-hydrogen) atoms. The highest BCUT2D eigenvalue weighted by molar-refractivity contribution is 5.93. The largest absolute Gasteiger partial charge is 0.396 e. The van der Waals surface area contributed by atoms with E-state index in [4.69, 9.17) is 5.11 Å². The van der Waals surface area contributed by atoms with Gasteiger partial charge in [-0.2, -0.15) is 0 Å². The minimum atomic E-state index is -0.503. The third-order valence-electron chi connectivity index (χ3n) is 3.45. The zero-order valence-corrected chi connectivity index (χ0v) is 10.0. The highest BCUT2D eigenvalue weighted by Gasteiger charge is 2.27. The van der Waals surface area contributed by atoms with Crippen LogP contribution in [0.15, 0.2) is 16.8 Å². The van der Waals surface area contributed by atoms with E-state index in [-0.39, 0.29) is 23.7 Å². The minimum Gasteiger partial charge on any atom is -0.396 e. The first-order valence-electron chi connectivity index (χ1n) is 5.96. The number of fused-ring (bicyclic) bond motifs is 1. The van der Waals surface area contributed by atoms with Gasteiger partial charge in [-0.15, -0.1) is 0 Å². The molecule has 1 aromatic carbocycles. The summed E-state index contributed by atoms with van der Waals surface area (Å²) in [7, 11) is 0. The number of aliphatic hydroxyl groups is 1. The molecule has 1 fully saturated rings. The van der Waals surface area contributed by atoms with Gasteiger partial charge in [-0.3, -0.25) is 10.1 Å². The highest BCUT2D eigenvalue weighted by atomic mass is 16.6. The molecule has 0 bridgehead atoms. The van der Waals surface area contributed by atoms with Gasteiger partial charge >= 0.3 is 5.69 Å². The highest BCUT2D eigenvalue weighted by Crippen LogP contribution is 2.33. The molecule has 1 aliphatic rings. The van der Waals surface area contributed by atoms with Crippen LogP contribution in [0.1, 0.15) is 6.42 Å². The molecule has 2 heterocycles. The Morgan fingerprint density at radius 1 is 1.47 bits per heavy atom. The molecule has 0 radical (unpaired) electrons. The van der Waals surface area contributed by atoms with Crippen LogP contribution in [0.5, 0.6) is 0 Å². The van der Waals surface area contributed by atoms with Gasteiger partial charge in [0, 0.05) is 31.7 Å². The molecule has 0 spiro atoms. The molecule has 0 aliphatic carbocycles. The molecular formula is C11H12N4O4. The van der Waals surface area contributed by atoms with Gasteiger partial charge < -0.3 is 10.0 Å². The van der Waals surface area contributed by atoms with Crippen LogP contribution in [0, 0.1) is 16.0 Å². The summed E-state index contributed by atoms with van der Waals surface area (Å²) >= 11 is 0. The Morgan fingerprint density at radius 2 is 2.26 bits per heavy atom. The average molecular weight is 264 g/mol. The summed E-state index contributed by atoms with van der Waals surface area (Å²) in [6.07, 6.45) is 0.889. The van der Waals surface area contributed by atoms with Crippen LogP contribution in [-0.2, 0) is 0 Å². The molecule has 1 aromatic heterocycles.